The van der Waals surface area contributed by atoms with Crippen molar-refractivity contribution in [3.8, 4) is 11.1 Å². The SMILES string of the molecule is O=[N+]([O-])c1ccc(-c2ccccc2Br)cc1. The normalized spacial score (nSPS) is 10.1. The highest BCUT2D eigenvalue weighted by atomic mass is 79.9. The standard InChI is InChI=1S/C12H8BrNO2/c13-12-4-2-1-3-11(12)9-5-7-10(8-6-9)14(15)16/h1-8H. The van der Waals surface area contributed by atoms with Crippen molar-refractivity contribution < 1.29 is 4.92 Å². The Bertz CT molecular complexity index is 523. The third-order valence-corrected chi connectivity index (χ3v) is 2.95. The zero-order valence-electron chi connectivity index (χ0n) is 8.26. The minimum Gasteiger partial charge on any atom is -0.258 e. The maximum Gasteiger partial charge on any atom is 0.269 e. The quantitative estimate of drug-likeness (QED) is 0.615. The average Bonchev–Trinajstić information content (AvgIpc) is 2.30. The number of nitro benzene ring substituents is 1. The maximum atomic E-state index is 10.5. The lowest BCUT2D eigenvalue weighted by Gasteiger charge is -2.03. The molecule has 0 unspecified atom stereocenters. The highest BCUT2D eigenvalue weighted by Gasteiger charge is 2.06. The Hall–Kier alpha value is -1.68. The van der Waals surface area contributed by atoms with E-state index in [0.29, 0.717) is 0 Å². The zero-order valence-corrected chi connectivity index (χ0v) is 9.85. The Labute approximate surface area is 101 Å². The van der Waals surface area contributed by atoms with E-state index in [1.165, 1.54) is 12.1 Å². The minimum absolute atomic E-state index is 0.107. The molecular weight excluding hydrogens is 270 g/mol. The van der Waals surface area contributed by atoms with E-state index >= 15 is 0 Å². The number of hydrogen-bond acceptors (Lipinski definition) is 2. The second kappa shape index (κ2) is 4.45. The minimum atomic E-state index is -0.399. The molecule has 0 aliphatic heterocycles. The van der Waals surface area contributed by atoms with Gasteiger partial charge in [0.15, 0.2) is 0 Å². The molecule has 3 nitrogen and oxygen atoms in total. The van der Waals surface area contributed by atoms with Crippen molar-refractivity contribution in [2.24, 2.45) is 0 Å². The molecule has 0 saturated carbocycles. The van der Waals surface area contributed by atoms with Gasteiger partial charge >= 0.3 is 0 Å². The van der Waals surface area contributed by atoms with Crippen LogP contribution in [-0.2, 0) is 0 Å². The van der Waals surface area contributed by atoms with Crippen molar-refractivity contribution in [1.29, 1.82) is 0 Å². The summed E-state index contributed by atoms with van der Waals surface area (Å²) in [5.41, 5.74) is 2.09. The summed E-state index contributed by atoms with van der Waals surface area (Å²) in [4.78, 5) is 10.1. The molecule has 0 aliphatic rings. The van der Waals surface area contributed by atoms with E-state index in [1.54, 1.807) is 12.1 Å². The zero-order chi connectivity index (χ0) is 11.5. The molecular formula is C12H8BrNO2. The second-order valence-corrected chi connectivity index (χ2v) is 4.14. The van der Waals surface area contributed by atoms with Gasteiger partial charge in [-0.1, -0.05) is 34.1 Å². The number of benzene rings is 2. The van der Waals surface area contributed by atoms with Crippen molar-refractivity contribution in [2.75, 3.05) is 0 Å². The van der Waals surface area contributed by atoms with E-state index < -0.39 is 4.92 Å². The van der Waals surface area contributed by atoms with Crippen LogP contribution in [0.1, 0.15) is 0 Å². The van der Waals surface area contributed by atoms with Crippen molar-refractivity contribution in [2.45, 2.75) is 0 Å². The molecule has 2 aromatic rings. The number of halogens is 1. The molecule has 0 atom stereocenters. The molecule has 0 spiro atoms. The lowest BCUT2D eigenvalue weighted by atomic mass is 10.1. The first kappa shape index (κ1) is 10.8. The molecule has 0 heterocycles. The highest BCUT2D eigenvalue weighted by molar-refractivity contribution is 9.10. The summed E-state index contributed by atoms with van der Waals surface area (Å²) in [5, 5.41) is 10.5. The largest absolute Gasteiger partial charge is 0.269 e. The summed E-state index contributed by atoms with van der Waals surface area (Å²) >= 11 is 3.45. The molecule has 16 heavy (non-hydrogen) atoms. The van der Waals surface area contributed by atoms with Gasteiger partial charge in [0, 0.05) is 16.6 Å². The Morgan fingerprint density at radius 2 is 1.62 bits per heavy atom. The number of rotatable bonds is 2. The van der Waals surface area contributed by atoms with Crippen LogP contribution < -0.4 is 0 Å². The second-order valence-electron chi connectivity index (χ2n) is 3.28. The first-order chi connectivity index (χ1) is 7.68. The maximum absolute atomic E-state index is 10.5. The van der Waals surface area contributed by atoms with E-state index in [0.717, 1.165) is 15.6 Å². The first-order valence-electron chi connectivity index (χ1n) is 4.68. The number of nitrogens with zero attached hydrogens (tertiary/aromatic N) is 1. The summed E-state index contributed by atoms with van der Waals surface area (Å²) in [5.74, 6) is 0. The topological polar surface area (TPSA) is 43.1 Å². The Morgan fingerprint density at radius 3 is 2.19 bits per heavy atom. The van der Waals surface area contributed by atoms with Crippen LogP contribution in [0.3, 0.4) is 0 Å². The lowest BCUT2D eigenvalue weighted by molar-refractivity contribution is -0.384. The predicted molar refractivity (Wildman–Crippen MR) is 66.2 cm³/mol. The Morgan fingerprint density at radius 1 is 1.00 bits per heavy atom. The van der Waals surface area contributed by atoms with Crippen LogP contribution in [0.4, 0.5) is 5.69 Å². The number of non-ortho nitro benzene ring substituents is 1. The molecule has 0 fully saturated rings. The molecule has 0 N–H and O–H groups in total. The molecule has 80 valence electrons. The molecule has 4 heteroatoms. The fraction of sp³-hybridized carbons (Fsp3) is 0. The van der Waals surface area contributed by atoms with Gasteiger partial charge in [0.2, 0.25) is 0 Å². The third kappa shape index (κ3) is 2.12. The third-order valence-electron chi connectivity index (χ3n) is 2.26. The van der Waals surface area contributed by atoms with Gasteiger partial charge in [-0.05, 0) is 29.3 Å². The van der Waals surface area contributed by atoms with E-state index in [1.807, 2.05) is 24.3 Å². The van der Waals surface area contributed by atoms with Gasteiger partial charge in [0.05, 0.1) is 4.92 Å². The van der Waals surface area contributed by atoms with E-state index in [4.69, 9.17) is 0 Å². The molecule has 2 aromatic carbocycles. The van der Waals surface area contributed by atoms with E-state index in [-0.39, 0.29) is 5.69 Å². The van der Waals surface area contributed by atoms with Crippen molar-refractivity contribution in [3.05, 3.63) is 63.1 Å². The molecule has 0 aliphatic carbocycles. The van der Waals surface area contributed by atoms with Crippen LogP contribution in [0.2, 0.25) is 0 Å². The van der Waals surface area contributed by atoms with Crippen LogP contribution in [0.25, 0.3) is 11.1 Å². The lowest BCUT2D eigenvalue weighted by Crippen LogP contribution is -1.87. The van der Waals surface area contributed by atoms with Crippen molar-refractivity contribution >= 4 is 21.6 Å². The van der Waals surface area contributed by atoms with E-state index in [9.17, 15) is 10.1 Å². The van der Waals surface area contributed by atoms with Gasteiger partial charge < -0.3 is 0 Å². The summed E-state index contributed by atoms with van der Waals surface area (Å²) in [6.45, 7) is 0. The van der Waals surface area contributed by atoms with Crippen molar-refractivity contribution in [3.63, 3.8) is 0 Å². The van der Waals surface area contributed by atoms with Crippen LogP contribution in [0.5, 0.6) is 0 Å². The van der Waals surface area contributed by atoms with Gasteiger partial charge in [-0.25, -0.2) is 0 Å². The van der Waals surface area contributed by atoms with Crippen LogP contribution >= 0.6 is 15.9 Å². The monoisotopic (exact) mass is 277 g/mol. The fourth-order valence-corrected chi connectivity index (χ4v) is 1.97. The van der Waals surface area contributed by atoms with Crippen LogP contribution in [0.15, 0.2) is 53.0 Å². The molecule has 0 amide bonds. The van der Waals surface area contributed by atoms with Gasteiger partial charge in [-0.15, -0.1) is 0 Å². The summed E-state index contributed by atoms with van der Waals surface area (Å²) in [6.07, 6.45) is 0. The predicted octanol–water partition coefficient (Wildman–Crippen LogP) is 4.02. The summed E-state index contributed by atoms with van der Waals surface area (Å²) < 4.78 is 0.976. The molecule has 2 rings (SSSR count). The number of hydrogen-bond donors (Lipinski definition) is 0. The first-order valence-corrected chi connectivity index (χ1v) is 5.47. The number of nitro groups is 1. The van der Waals surface area contributed by atoms with Gasteiger partial charge in [-0.3, -0.25) is 10.1 Å². The summed E-state index contributed by atoms with van der Waals surface area (Å²) in [7, 11) is 0. The molecule has 0 aromatic heterocycles. The molecule has 0 radical (unpaired) electrons. The van der Waals surface area contributed by atoms with E-state index in [2.05, 4.69) is 15.9 Å². The Kier molecular flexibility index (Phi) is 3.01. The van der Waals surface area contributed by atoms with Crippen molar-refractivity contribution in [1.82, 2.24) is 0 Å². The van der Waals surface area contributed by atoms with Crippen LogP contribution in [0, 0.1) is 10.1 Å². The Balaban J connectivity index is 2.43. The van der Waals surface area contributed by atoms with Gasteiger partial charge in [0.25, 0.3) is 5.69 Å². The summed E-state index contributed by atoms with van der Waals surface area (Å²) in [6, 6.07) is 14.3. The molecule has 0 bridgehead atoms. The molecule has 0 saturated heterocycles. The van der Waals surface area contributed by atoms with Gasteiger partial charge in [0.1, 0.15) is 0 Å². The highest BCUT2D eigenvalue weighted by Crippen LogP contribution is 2.28. The fourth-order valence-electron chi connectivity index (χ4n) is 1.46. The van der Waals surface area contributed by atoms with Gasteiger partial charge in [-0.2, -0.15) is 0 Å². The van der Waals surface area contributed by atoms with Crippen LogP contribution in [-0.4, -0.2) is 4.92 Å². The smallest absolute Gasteiger partial charge is 0.258 e. The average molecular weight is 278 g/mol.